The zero-order chi connectivity index (χ0) is 34.0. The van der Waals surface area contributed by atoms with E-state index in [4.69, 9.17) is 0 Å². The fraction of sp³-hybridized carbons (Fsp3) is 0.143. The van der Waals surface area contributed by atoms with E-state index in [0.717, 1.165) is 11.8 Å². The van der Waals surface area contributed by atoms with E-state index in [1.54, 1.807) is 11.1 Å². The topological polar surface area (TPSA) is 6.48 Å². The average molecular weight is 665 g/mol. The molecule has 7 aromatic carbocycles. The van der Waals surface area contributed by atoms with Gasteiger partial charge in [0.15, 0.2) is 0 Å². The van der Waals surface area contributed by atoms with Crippen LogP contribution in [0, 0.1) is 11.8 Å². The summed E-state index contributed by atoms with van der Waals surface area (Å²) in [5.74, 6) is 1.50. The Labute approximate surface area is 306 Å². The Hall–Kier alpha value is -5.80. The quantitative estimate of drug-likeness (QED) is 0.174. The molecule has 3 aliphatic carbocycles. The van der Waals surface area contributed by atoms with Crippen LogP contribution in [0.4, 0.5) is 34.1 Å². The molecule has 7 aromatic rings. The van der Waals surface area contributed by atoms with Crippen molar-refractivity contribution in [2.24, 2.45) is 11.8 Å². The third-order valence-corrected chi connectivity index (χ3v) is 13.4. The van der Waals surface area contributed by atoms with Crippen molar-refractivity contribution in [3.63, 3.8) is 0 Å². The zero-order valence-electron chi connectivity index (χ0n) is 29.0. The molecule has 2 nitrogen and oxygen atoms in total. The molecular formula is C49H37BN2. The van der Waals surface area contributed by atoms with Gasteiger partial charge in [-0.15, -0.1) is 0 Å². The minimum Gasteiger partial charge on any atom is -0.311 e. The van der Waals surface area contributed by atoms with Gasteiger partial charge in [-0.25, -0.2) is 0 Å². The average Bonchev–Trinajstić information content (AvgIpc) is 3.86. The monoisotopic (exact) mass is 664 g/mol. The van der Waals surface area contributed by atoms with Crippen LogP contribution in [0.2, 0.25) is 0 Å². The van der Waals surface area contributed by atoms with Crippen molar-refractivity contribution in [3.05, 3.63) is 175 Å². The smallest absolute Gasteiger partial charge is 0.252 e. The number of nitrogens with zero attached hydrogens (tertiary/aromatic N) is 2. The Bertz CT molecular complexity index is 2560. The van der Waals surface area contributed by atoms with Gasteiger partial charge in [-0.1, -0.05) is 115 Å². The molecule has 2 bridgehead atoms. The first-order valence-corrected chi connectivity index (χ1v) is 19.1. The second-order valence-electron chi connectivity index (χ2n) is 15.5. The molecule has 2 saturated carbocycles. The van der Waals surface area contributed by atoms with E-state index in [-0.39, 0.29) is 12.1 Å². The van der Waals surface area contributed by atoms with Gasteiger partial charge in [0.2, 0.25) is 0 Å². The van der Waals surface area contributed by atoms with Crippen LogP contribution in [0.15, 0.2) is 164 Å². The molecule has 2 heterocycles. The van der Waals surface area contributed by atoms with Gasteiger partial charge in [0.05, 0.1) is 0 Å². The summed E-state index contributed by atoms with van der Waals surface area (Å²) in [5, 5.41) is 0. The lowest BCUT2D eigenvalue weighted by Crippen LogP contribution is -2.61. The molecule has 0 saturated heterocycles. The first-order chi connectivity index (χ1) is 25.8. The van der Waals surface area contributed by atoms with E-state index in [0.29, 0.717) is 0 Å². The van der Waals surface area contributed by atoms with Gasteiger partial charge in [-0.05, 0) is 136 Å². The van der Waals surface area contributed by atoms with Gasteiger partial charge in [-0.3, -0.25) is 0 Å². The lowest BCUT2D eigenvalue weighted by Gasteiger charge is -2.44. The number of para-hydroxylation sites is 2. The van der Waals surface area contributed by atoms with Gasteiger partial charge >= 0.3 is 0 Å². The van der Waals surface area contributed by atoms with Gasteiger partial charge in [0.1, 0.15) is 0 Å². The fourth-order valence-electron chi connectivity index (χ4n) is 11.5. The highest BCUT2D eigenvalue weighted by Gasteiger charge is 2.60. The molecule has 2 aliphatic heterocycles. The van der Waals surface area contributed by atoms with Crippen LogP contribution in [0.3, 0.4) is 0 Å². The van der Waals surface area contributed by atoms with E-state index in [1.807, 2.05) is 0 Å². The molecule has 52 heavy (non-hydrogen) atoms. The van der Waals surface area contributed by atoms with Crippen molar-refractivity contribution in [2.45, 2.75) is 31.1 Å². The van der Waals surface area contributed by atoms with Crippen LogP contribution in [-0.2, 0) is 5.41 Å². The number of hydrogen-bond donors (Lipinski definition) is 0. The molecule has 3 heteroatoms. The Morgan fingerprint density at radius 1 is 0.423 bits per heavy atom. The third-order valence-electron chi connectivity index (χ3n) is 13.4. The molecule has 0 aromatic heterocycles. The van der Waals surface area contributed by atoms with E-state index in [1.165, 1.54) is 98.4 Å². The number of fused-ring (bicyclic) bond motifs is 7. The SMILES string of the molecule is c1ccc(-c2ccc3c(c2)N(c2ccc4c(c2)-c2ccccc2C42C4CCC2CC4)c2cccc4c2B3c2ccccc2N4c2ccccc2)cc1. The predicted molar refractivity (Wildman–Crippen MR) is 218 cm³/mol. The van der Waals surface area contributed by atoms with Crippen LogP contribution in [-0.4, -0.2) is 6.71 Å². The summed E-state index contributed by atoms with van der Waals surface area (Å²) in [4.78, 5) is 5.07. The van der Waals surface area contributed by atoms with E-state index in [9.17, 15) is 0 Å². The summed E-state index contributed by atoms with van der Waals surface area (Å²) < 4.78 is 0. The number of benzene rings is 7. The highest BCUT2D eigenvalue weighted by molar-refractivity contribution is 7.00. The summed E-state index contributed by atoms with van der Waals surface area (Å²) in [6.07, 6.45) is 5.44. The largest absolute Gasteiger partial charge is 0.311 e. The zero-order valence-corrected chi connectivity index (χ0v) is 29.0. The van der Waals surface area contributed by atoms with Crippen LogP contribution >= 0.6 is 0 Å². The Morgan fingerprint density at radius 3 is 1.83 bits per heavy atom. The van der Waals surface area contributed by atoms with Crippen molar-refractivity contribution < 1.29 is 0 Å². The molecule has 0 amide bonds. The highest BCUT2D eigenvalue weighted by Crippen LogP contribution is 2.68. The van der Waals surface area contributed by atoms with E-state index < -0.39 is 0 Å². The van der Waals surface area contributed by atoms with Crippen LogP contribution in [0.25, 0.3) is 22.3 Å². The Balaban J connectivity index is 1.13. The van der Waals surface area contributed by atoms with E-state index >= 15 is 0 Å². The summed E-state index contributed by atoms with van der Waals surface area (Å²) >= 11 is 0. The number of hydrogen-bond acceptors (Lipinski definition) is 2. The van der Waals surface area contributed by atoms with E-state index in [2.05, 4.69) is 174 Å². The normalized spacial score (nSPS) is 21.1. The van der Waals surface area contributed by atoms with Crippen LogP contribution in [0.1, 0.15) is 36.8 Å². The lowest BCUT2D eigenvalue weighted by molar-refractivity contribution is 0.400. The molecule has 2 fully saturated rings. The van der Waals surface area contributed by atoms with Crippen molar-refractivity contribution in [3.8, 4) is 22.3 Å². The summed E-state index contributed by atoms with van der Waals surface area (Å²) in [6.45, 7) is 0.117. The molecule has 0 unspecified atom stereocenters. The first-order valence-electron chi connectivity index (χ1n) is 19.1. The predicted octanol–water partition coefficient (Wildman–Crippen LogP) is 10.5. The second kappa shape index (κ2) is 10.6. The van der Waals surface area contributed by atoms with Crippen LogP contribution < -0.4 is 26.2 Å². The maximum atomic E-state index is 2.59. The molecule has 0 N–H and O–H groups in total. The van der Waals surface area contributed by atoms with Crippen molar-refractivity contribution in [1.82, 2.24) is 0 Å². The van der Waals surface area contributed by atoms with Crippen molar-refractivity contribution >= 4 is 57.2 Å². The molecule has 0 atom stereocenters. The number of anilines is 6. The number of rotatable bonds is 3. The second-order valence-corrected chi connectivity index (χ2v) is 15.5. The summed E-state index contributed by atoms with van der Waals surface area (Å²) in [7, 11) is 0. The highest BCUT2D eigenvalue weighted by atomic mass is 15.2. The molecule has 1 spiro atoms. The maximum Gasteiger partial charge on any atom is 0.252 e. The van der Waals surface area contributed by atoms with Gasteiger partial charge in [0.25, 0.3) is 6.71 Å². The van der Waals surface area contributed by atoms with Gasteiger partial charge < -0.3 is 9.80 Å². The Kier molecular flexibility index (Phi) is 5.89. The molecule has 0 radical (unpaired) electrons. The van der Waals surface area contributed by atoms with Gasteiger partial charge in [0, 0.05) is 39.5 Å². The minimum atomic E-state index is 0.117. The Morgan fingerprint density at radius 2 is 1.04 bits per heavy atom. The van der Waals surface area contributed by atoms with Gasteiger partial charge in [-0.2, -0.15) is 0 Å². The van der Waals surface area contributed by atoms with Crippen molar-refractivity contribution in [1.29, 1.82) is 0 Å². The summed E-state index contributed by atoms with van der Waals surface area (Å²) in [6, 6.07) is 61.9. The van der Waals surface area contributed by atoms with Crippen LogP contribution in [0.5, 0.6) is 0 Å². The first kappa shape index (κ1) is 28.9. The fourth-order valence-corrected chi connectivity index (χ4v) is 11.5. The molecule has 12 rings (SSSR count). The minimum absolute atomic E-state index is 0.117. The molecule has 246 valence electrons. The maximum absolute atomic E-state index is 2.59. The standard InChI is InChI=1S/C49H37BN2/c1-3-12-32(13-4-1)33-22-29-43-47(30-33)52(37-27-28-41-39(31-37)38-16-7-8-17-40(38)49(41)34-23-24-35(49)26-25-34)46-21-11-20-45-48(46)50(43)42-18-9-10-19-44(42)51(45)36-14-5-2-6-15-36/h1-22,27-31,34-35H,23-26H2. The van der Waals surface area contributed by atoms with Crippen molar-refractivity contribution in [2.75, 3.05) is 9.80 Å². The lowest BCUT2D eigenvalue weighted by atomic mass is 9.33. The molecular weight excluding hydrogens is 627 g/mol. The molecule has 5 aliphatic rings. The summed E-state index contributed by atoms with van der Waals surface area (Å²) in [5.41, 5.74) is 20.2. The third kappa shape index (κ3) is 3.66.